The van der Waals surface area contributed by atoms with Gasteiger partial charge in [-0.1, -0.05) is 6.07 Å². The minimum Gasteiger partial charge on any atom is -0.370 e. The van der Waals surface area contributed by atoms with Crippen molar-refractivity contribution < 1.29 is 14.4 Å². The molecule has 1 aliphatic rings. The average molecular weight is 318 g/mol. The second-order valence-electron chi connectivity index (χ2n) is 5.60. The predicted octanol–water partition coefficient (Wildman–Crippen LogP) is 0.372. The van der Waals surface area contributed by atoms with Gasteiger partial charge in [0, 0.05) is 36.7 Å². The van der Waals surface area contributed by atoms with Crippen molar-refractivity contribution in [2.24, 2.45) is 5.73 Å². The molecule has 1 heterocycles. The average Bonchev–Trinajstić information content (AvgIpc) is 2.99. The lowest BCUT2D eigenvalue weighted by molar-refractivity contribution is -0.118. The lowest BCUT2D eigenvalue weighted by Gasteiger charge is -2.11. The molecule has 0 bridgehead atoms. The summed E-state index contributed by atoms with van der Waals surface area (Å²) in [4.78, 5) is 34.6. The first-order chi connectivity index (χ1) is 11.0. The summed E-state index contributed by atoms with van der Waals surface area (Å²) in [5.74, 6) is -0.845. The Balaban J connectivity index is 1.86. The maximum atomic E-state index is 12.0. The standard InChI is InChI=1S/C16H22N4O3/c17-14(21)6-8-19-16(23)11-3-1-4-13(9-11)20-15(22)10-12-5-2-7-18-12/h1,3-4,9,12,18H,2,5-8,10H2,(H2,17,21)(H,19,23)(H,20,22). The largest absolute Gasteiger partial charge is 0.370 e. The first-order valence-corrected chi connectivity index (χ1v) is 7.74. The summed E-state index contributed by atoms with van der Waals surface area (Å²) < 4.78 is 0. The number of rotatable bonds is 7. The second kappa shape index (κ2) is 8.28. The number of benzene rings is 1. The van der Waals surface area contributed by atoms with E-state index in [0.717, 1.165) is 19.4 Å². The number of primary amides is 1. The molecule has 7 heteroatoms. The fraction of sp³-hybridized carbons (Fsp3) is 0.438. The summed E-state index contributed by atoms with van der Waals surface area (Å²) in [6, 6.07) is 6.93. The smallest absolute Gasteiger partial charge is 0.251 e. The Morgan fingerprint density at radius 1 is 1.30 bits per heavy atom. The van der Waals surface area contributed by atoms with Gasteiger partial charge in [-0.3, -0.25) is 14.4 Å². The molecule has 0 spiro atoms. The van der Waals surface area contributed by atoms with Crippen LogP contribution >= 0.6 is 0 Å². The summed E-state index contributed by atoms with van der Waals surface area (Å²) in [6.45, 7) is 1.15. The highest BCUT2D eigenvalue weighted by Gasteiger charge is 2.17. The molecular weight excluding hydrogens is 296 g/mol. The van der Waals surface area contributed by atoms with E-state index in [-0.39, 0.29) is 30.8 Å². The monoisotopic (exact) mass is 318 g/mol. The molecule has 1 saturated heterocycles. The van der Waals surface area contributed by atoms with E-state index < -0.39 is 5.91 Å². The number of hydrogen-bond acceptors (Lipinski definition) is 4. The molecule has 0 saturated carbocycles. The number of anilines is 1. The molecular formula is C16H22N4O3. The van der Waals surface area contributed by atoms with Crippen molar-refractivity contribution >= 4 is 23.4 Å². The number of nitrogens with one attached hydrogen (secondary N) is 3. The van der Waals surface area contributed by atoms with Crippen LogP contribution in [0.15, 0.2) is 24.3 Å². The van der Waals surface area contributed by atoms with Gasteiger partial charge < -0.3 is 21.7 Å². The van der Waals surface area contributed by atoms with Crippen molar-refractivity contribution in [1.29, 1.82) is 0 Å². The van der Waals surface area contributed by atoms with Crippen LogP contribution in [0.4, 0.5) is 5.69 Å². The van der Waals surface area contributed by atoms with Gasteiger partial charge in [0.05, 0.1) is 0 Å². The molecule has 0 radical (unpaired) electrons. The molecule has 0 aromatic heterocycles. The zero-order chi connectivity index (χ0) is 16.7. The minimum atomic E-state index is -0.466. The molecule has 1 atom stereocenters. The molecule has 5 N–H and O–H groups in total. The zero-order valence-electron chi connectivity index (χ0n) is 12.9. The normalized spacial score (nSPS) is 16.8. The van der Waals surface area contributed by atoms with Gasteiger partial charge in [-0.25, -0.2) is 0 Å². The summed E-state index contributed by atoms with van der Waals surface area (Å²) in [6.07, 6.45) is 2.63. The maximum Gasteiger partial charge on any atom is 0.251 e. The molecule has 3 amide bonds. The number of carbonyl (C=O) groups excluding carboxylic acids is 3. The zero-order valence-corrected chi connectivity index (χ0v) is 12.9. The molecule has 1 fully saturated rings. The SMILES string of the molecule is NC(=O)CCNC(=O)c1cccc(NC(=O)CC2CCCN2)c1. The van der Waals surface area contributed by atoms with Gasteiger partial charge in [-0.15, -0.1) is 0 Å². The molecule has 2 rings (SSSR count). The summed E-state index contributed by atoms with van der Waals surface area (Å²) >= 11 is 0. The van der Waals surface area contributed by atoms with Crippen LogP contribution in [0.3, 0.4) is 0 Å². The Morgan fingerprint density at radius 3 is 2.83 bits per heavy atom. The third-order valence-electron chi connectivity index (χ3n) is 3.66. The van der Waals surface area contributed by atoms with E-state index in [0.29, 0.717) is 17.7 Å². The highest BCUT2D eigenvalue weighted by atomic mass is 16.2. The number of nitrogens with two attached hydrogens (primary N) is 1. The lowest BCUT2D eigenvalue weighted by atomic mass is 10.1. The van der Waals surface area contributed by atoms with Crippen LogP contribution in [0, 0.1) is 0 Å². The van der Waals surface area contributed by atoms with Gasteiger partial charge >= 0.3 is 0 Å². The Labute approximate surface area is 135 Å². The van der Waals surface area contributed by atoms with Crippen LogP contribution in [-0.2, 0) is 9.59 Å². The van der Waals surface area contributed by atoms with Crippen LogP contribution in [0.2, 0.25) is 0 Å². The van der Waals surface area contributed by atoms with Gasteiger partial charge in [-0.05, 0) is 37.6 Å². The van der Waals surface area contributed by atoms with Gasteiger partial charge in [0.15, 0.2) is 0 Å². The highest BCUT2D eigenvalue weighted by Crippen LogP contribution is 2.13. The van der Waals surface area contributed by atoms with Gasteiger partial charge in [0.1, 0.15) is 0 Å². The molecule has 1 aliphatic heterocycles. The summed E-state index contributed by atoms with van der Waals surface area (Å²) in [5, 5.41) is 8.68. The van der Waals surface area contributed by atoms with Crippen LogP contribution in [-0.4, -0.2) is 36.9 Å². The Hall–Kier alpha value is -2.41. The van der Waals surface area contributed by atoms with Gasteiger partial charge in [-0.2, -0.15) is 0 Å². The predicted molar refractivity (Wildman–Crippen MR) is 86.9 cm³/mol. The molecule has 1 unspecified atom stereocenters. The van der Waals surface area contributed by atoms with Crippen molar-refractivity contribution in [2.75, 3.05) is 18.4 Å². The summed E-state index contributed by atoms with van der Waals surface area (Å²) in [7, 11) is 0. The van der Waals surface area contributed by atoms with Crippen molar-refractivity contribution in [2.45, 2.75) is 31.7 Å². The molecule has 23 heavy (non-hydrogen) atoms. The fourth-order valence-electron chi connectivity index (χ4n) is 2.51. The Morgan fingerprint density at radius 2 is 2.13 bits per heavy atom. The molecule has 124 valence electrons. The van der Waals surface area contributed by atoms with Gasteiger partial charge in [0.25, 0.3) is 5.91 Å². The number of amides is 3. The van der Waals surface area contributed by atoms with E-state index in [1.807, 2.05) is 0 Å². The number of carbonyl (C=O) groups is 3. The van der Waals surface area contributed by atoms with E-state index in [1.165, 1.54) is 0 Å². The highest BCUT2D eigenvalue weighted by molar-refractivity contribution is 5.97. The maximum absolute atomic E-state index is 12.0. The van der Waals surface area contributed by atoms with Crippen molar-refractivity contribution in [1.82, 2.24) is 10.6 Å². The third kappa shape index (κ3) is 5.71. The first-order valence-electron chi connectivity index (χ1n) is 7.74. The molecule has 1 aromatic carbocycles. The first kappa shape index (κ1) is 17.0. The van der Waals surface area contributed by atoms with E-state index >= 15 is 0 Å². The summed E-state index contributed by atoms with van der Waals surface area (Å²) in [5.41, 5.74) is 6.02. The van der Waals surface area contributed by atoms with E-state index in [1.54, 1.807) is 24.3 Å². The second-order valence-corrected chi connectivity index (χ2v) is 5.60. The van der Waals surface area contributed by atoms with Crippen LogP contribution in [0.1, 0.15) is 36.0 Å². The van der Waals surface area contributed by atoms with Crippen molar-refractivity contribution in [3.8, 4) is 0 Å². The molecule has 7 nitrogen and oxygen atoms in total. The quantitative estimate of drug-likeness (QED) is 0.582. The van der Waals surface area contributed by atoms with Crippen LogP contribution < -0.4 is 21.7 Å². The van der Waals surface area contributed by atoms with E-state index in [4.69, 9.17) is 5.73 Å². The van der Waals surface area contributed by atoms with E-state index in [9.17, 15) is 14.4 Å². The topological polar surface area (TPSA) is 113 Å². The van der Waals surface area contributed by atoms with E-state index in [2.05, 4.69) is 16.0 Å². The number of hydrogen-bond donors (Lipinski definition) is 4. The van der Waals surface area contributed by atoms with Gasteiger partial charge in [0.2, 0.25) is 11.8 Å². The lowest BCUT2D eigenvalue weighted by Crippen LogP contribution is -2.28. The Kier molecular flexibility index (Phi) is 6.10. The molecule has 0 aliphatic carbocycles. The minimum absolute atomic E-state index is 0.0734. The molecule has 1 aromatic rings. The van der Waals surface area contributed by atoms with Crippen molar-refractivity contribution in [3.63, 3.8) is 0 Å². The van der Waals surface area contributed by atoms with Crippen LogP contribution in [0.5, 0.6) is 0 Å². The fourth-order valence-corrected chi connectivity index (χ4v) is 2.51. The van der Waals surface area contributed by atoms with Crippen LogP contribution in [0.25, 0.3) is 0 Å². The van der Waals surface area contributed by atoms with Crippen molar-refractivity contribution in [3.05, 3.63) is 29.8 Å². The Bertz CT molecular complexity index is 582. The third-order valence-corrected chi connectivity index (χ3v) is 3.66.